The zero-order valence-corrected chi connectivity index (χ0v) is 46.3. The Kier molecular flexibility index (Phi) is 14.8. The van der Waals surface area contributed by atoms with Crippen LogP contribution < -0.4 is 29.1 Å². The minimum absolute atomic E-state index is 0.00904. The van der Waals surface area contributed by atoms with E-state index in [1.165, 1.54) is 47.2 Å². The Hall–Kier alpha value is -6.87. The molecule has 3 aromatic heterocycles. The molecule has 3 aromatic carbocycles. The standard InChI is InChI=1S/C59H70FN9O9S/c1-6-77-57-53(26-47-48(60)31-63-54(47)64-57)78-52-24-40(14-16-46(52)56(70)65-79(74,75)42-25-49(69(72)73)55(62-30-42)61-29-37-17-19-58(4,71)20-18-37)67-34-59(35-67)27-41(28-59)68-22-21-66(33-50(68)45-10-8-7-9-43(45)36(2)3)32-38-11-15-44(39-12-13-39)51(23-38)76-5/h7-11,14-16,23-26,30-31,36-37,39,41,50,71H,6,12-13,17-22,27-29,32-35H2,1-5H3,(H,61,62)(H,63,64)(H,65,70)/t37?,50-,58?/m0/s1. The Balaban J connectivity index is 0.814. The van der Waals surface area contributed by atoms with Crippen LogP contribution in [0.5, 0.6) is 23.1 Å². The highest BCUT2D eigenvalue weighted by Gasteiger charge is 2.55. The van der Waals surface area contributed by atoms with Gasteiger partial charge >= 0.3 is 5.69 Å². The largest absolute Gasteiger partial charge is 0.496 e. The molecule has 4 N–H and O–H groups in total. The summed E-state index contributed by atoms with van der Waals surface area (Å²) in [5, 5.41) is 25.7. The van der Waals surface area contributed by atoms with E-state index in [0.717, 1.165) is 82.0 Å². The minimum Gasteiger partial charge on any atom is -0.496 e. The number of amides is 1. The van der Waals surface area contributed by atoms with Gasteiger partial charge in [-0.1, -0.05) is 50.2 Å². The molecule has 3 saturated carbocycles. The normalized spacial score (nSPS) is 21.6. The number of nitrogens with one attached hydrogen (secondary N) is 3. The first-order chi connectivity index (χ1) is 37.9. The summed E-state index contributed by atoms with van der Waals surface area (Å²) in [4.78, 5) is 44.1. The number of hydrogen-bond acceptors (Lipinski definition) is 15. The van der Waals surface area contributed by atoms with Crippen LogP contribution in [0.1, 0.15) is 130 Å². The van der Waals surface area contributed by atoms with Crippen molar-refractivity contribution in [3.63, 3.8) is 0 Å². The molecule has 1 atom stereocenters. The van der Waals surface area contributed by atoms with E-state index >= 15 is 4.39 Å². The van der Waals surface area contributed by atoms with E-state index < -0.39 is 42.9 Å². The molecular weight excluding hydrogens is 1030 g/mol. The van der Waals surface area contributed by atoms with Crippen LogP contribution in [-0.4, -0.2) is 114 Å². The number of aromatic amines is 1. The summed E-state index contributed by atoms with van der Waals surface area (Å²) in [6, 6.07) is 23.4. The number of nitro groups is 1. The number of aliphatic hydroxyl groups is 1. The SMILES string of the molecule is CCOc1nc2[nH]cc(F)c2cc1Oc1cc(N2CC3(CC(N4CCN(Cc5ccc(C6CC6)c(OC)c5)C[C@H]4c4ccccc4C(C)C)C3)C2)ccc1C(=O)NS(=O)(=O)c1cnc(NCC2CCC(C)(O)CC2)c([N+](=O)[O-])c1. The number of carbonyl (C=O) groups is 1. The van der Waals surface area contributed by atoms with Gasteiger partial charge in [-0.25, -0.2) is 22.5 Å². The predicted molar refractivity (Wildman–Crippen MR) is 298 cm³/mol. The van der Waals surface area contributed by atoms with Gasteiger partial charge in [-0.3, -0.25) is 24.7 Å². The van der Waals surface area contributed by atoms with Gasteiger partial charge in [-0.15, -0.1) is 0 Å². The highest BCUT2D eigenvalue weighted by molar-refractivity contribution is 7.90. The van der Waals surface area contributed by atoms with Gasteiger partial charge < -0.3 is 34.5 Å². The van der Waals surface area contributed by atoms with Crippen molar-refractivity contribution >= 4 is 44.2 Å². The second-order valence-electron chi connectivity index (χ2n) is 23.1. The summed E-state index contributed by atoms with van der Waals surface area (Å²) in [6.45, 7) is 13.8. The Morgan fingerprint density at radius 3 is 2.48 bits per heavy atom. The van der Waals surface area contributed by atoms with Crippen molar-refractivity contribution in [1.82, 2.24) is 29.5 Å². The van der Waals surface area contributed by atoms with Crippen LogP contribution in [0.4, 0.5) is 21.6 Å². The number of nitrogens with zero attached hydrogens (tertiary/aromatic N) is 6. The molecule has 5 fully saturated rings. The van der Waals surface area contributed by atoms with Crippen LogP contribution in [0.3, 0.4) is 0 Å². The number of pyridine rings is 2. The first kappa shape index (κ1) is 54.1. The highest BCUT2D eigenvalue weighted by atomic mass is 32.2. The molecule has 1 spiro atoms. The van der Waals surface area contributed by atoms with E-state index in [4.69, 9.17) is 14.2 Å². The fraction of sp³-hybridized carbons (Fsp3) is 0.475. The first-order valence-electron chi connectivity index (χ1n) is 27.7. The Labute approximate surface area is 460 Å². The van der Waals surface area contributed by atoms with E-state index in [1.54, 1.807) is 33.1 Å². The lowest BCUT2D eigenvalue weighted by atomic mass is 9.59. The Bertz CT molecular complexity index is 3380. The number of carbonyl (C=O) groups excluding carboxylic acids is 1. The number of ether oxygens (including phenoxy) is 3. The lowest BCUT2D eigenvalue weighted by Gasteiger charge is -2.63. The maximum Gasteiger partial charge on any atom is 0.312 e. The molecule has 418 valence electrons. The lowest BCUT2D eigenvalue weighted by Crippen LogP contribution is -2.68. The third-order valence-electron chi connectivity index (χ3n) is 17.0. The zero-order valence-electron chi connectivity index (χ0n) is 45.5. The number of anilines is 2. The highest BCUT2D eigenvalue weighted by Crippen LogP contribution is 2.54. The predicted octanol–water partition coefficient (Wildman–Crippen LogP) is 10.2. The van der Waals surface area contributed by atoms with Crippen LogP contribution in [0.2, 0.25) is 0 Å². The fourth-order valence-electron chi connectivity index (χ4n) is 12.5. The molecular formula is C59H70FN9O9S. The van der Waals surface area contributed by atoms with E-state index in [-0.39, 0.29) is 63.8 Å². The number of methoxy groups -OCH3 is 1. The molecule has 11 rings (SSSR count). The van der Waals surface area contributed by atoms with Crippen molar-refractivity contribution in [2.24, 2.45) is 11.3 Å². The van der Waals surface area contributed by atoms with Crippen molar-refractivity contribution < 1.29 is 41.8 Å². The molecule has 2 aliphatic heterocycles. The van der Waals surface area contributed by atoms with Crippen molar-refractivity contribution in [3.8, 4) is 23.1 Å². The number of rotatable bonds is 19. The van der Waals surface area contributed by atoms with Gasteiger partial charge in [-0.05, 0) is 123 Å². The van der Waals surface area contributed by atoms with Crippen LogP contribution in [0.25, 0.3) is 11.0 Å². The molecule has 20 heteroatoms. The van der Waals surface area contributed by atoms with E-state index in [1.807, 2.05) is 0 Å². The molecule has 18 nitrogen and oxygen atoms in total. The number of H-pyrrole nitrogens is 1. The quantitative estimate of drug-likeness (QED) is 0.0438. The van der Waals surface area contributed by atoms with E-state index in [0.29, 0.717) is 50.1 Å². The van der Waals surface area contributed by atoms with Gasteiger partial charge in [-0.2, -0.15) is 4.98 Å². The molecule has 2 saturated heterocycles. The number of sulfonamides is 1. The molecule has 6 aromatic rings. The third-order valence-corrected chi connectivity index (χ3v) is 18.3. The molecule has 5 heterocycles. The summed E-state index contributed by atoms with van der Waals surface area (Å²) in [7, 11) is -2.98. The average Bonchev–Trinajstić information content (AvgIpc) is 4.27. The third kappa shape index (κ3) is 11.3. The summed E-state index contributed by atoms with van der Waals surface area (Å²) in [5.41, 5.74) is 4.84. The Morgan fingerprint density at radius 2 is 1.76 bits per heavy atom. The number of piperazine rings is 1. The van der Waals surface area contributed by atoms with Gasteiger partial charge in [0.15, 0.2) is 5.75 Å². The second kappa shape index (κ2) is 21.6. The number of hydrogen-bond donors (Lipinski definition) is 4. The number of halogens is 1. The first-order valence-corrected chi connectivity index (χ1v) is 29.2. The molecule has 5 aliphatic rings. The summed E-state index contributed by atoms with van der Waals surface area (Å²) >= 11 is 0. The fourth-order valence-corrected chi connectivity index (χ4v) is 13.4. The van der Waals surface area contributed by atoms with Gasteiger partial charge in [0, 0.05) is 93.4 Å². The van der Waals surface area contributed by atoms with Crippen molar-refractivity contribution in [2.45, 2.75) is 120 Å². The molecule has 3 aliphatic carbocycles. The van der Waals surface area contributed by atoms with Crippen molar-refractivity contribution in [3.05, 3.63) is 129 Å². The summed E-state index contributed by atoms with van der Waals surface area (Å²) < 4.78 is 63.1. The van der Waals surface area contributed by atoms with Gasteiger partial charge in [0.1, 0.15) is 27.9 Å². The average molecular weight is 1100 g/mol. The van der Waals surface area contributed by atoms with Gasteiger partial charge in [0.2, 0.25) is 5.82 Å². The maximum absolute atomic E-state index is 15.0. The molecule has 0 unspecified atom stereocenters. The van der Waals surface area contributed by atoms with Crippen LogP contribution >= 0.6 is 0 Å². The van der Waals surface area contributed by atoms with Crippen molar-refractivity contribution in [2.75, 3.05) is 63.2 Å². The number of benzene rings is 3. The van der Waals surface area contributed by atoms with Crippen LogP contribution in [-0.2, 0) is 16.6 Å². The summed E-state index contributed by atoms with van der Waals surface area (Å²) in [5.74, 6) is 0.285. The van der Waals surface area contributed by atoms with Crippen molar-refractivity contribution in [1.29, 1.82) is 0 Å². The summed E-state index contributed by atoms with van der Waals surface area (Å²) in [6.07, 6.45) is 9.21. The van der Waals surface area contributed by atoms with Gasteiger partial charge in [0.05, 0.1) is 41.4 Å². The molecule has 0 radical (unpaired) electrons. The smallest absolute Gasteiger partial charge is 0.312 e. The molecule has 0 bridgehead atoms. The van der Waals surface area contributed by atoms with Crippen LogP contribution in [0.15, 0.2) is 90.1 Å². The number of fused-ring (bicyclic) bond motifs is 1. The van der Waals surface area contributed by atoms with Crippen LogP contribution in [0, 0.1) is 27.3 Å². The Morgan fingerprint density at radius 1 is 0.987 bits per heavy atom. The van der Waals surface area contributed by atoms with E-state index in [9.17, 15) is 28.4 Å². The molecule has 1 amide bonds. The lowest BCUT2D eigenvalue weighted by molar-refractivity contribution is -0.384. The monoisotopic (exact) mass is 1100 g/mol. The second-order valence-corrected chi connectivity index (χ2v) is 24.8. The van der Waals surface area contributed by atoms with E-state index in [2.05, 4.69) is 96.0 Å². The zero-order chi connectivity index (χ0) is 55.4. The maximum atomic E-state index is 15.0. The van der Waals surface area contributed by atoms with Gasteiger partial charge in [0.25, 0.3) is 21.8 Å². The minimum atomic E-state index is -4.75. The topological polar surface area (TPSA) is 218 Å². The molecule has 79 heavy (non-hydrogen) atoms. The number of aromatic nitrogens is 3.